The van der Waals surface area contributed by atoms with Crippen molar-refractivity contribution in [1.29, 1.82) is 0 Å². The van der Waals surface area contributed by atoms with Crippen molar-refractivity contribution in [3.63, 3.8) is 0 Å². The molecule has 106 valence electrons. The van der Waals surface area contributed by atoms with Gasteiger partial charge in [-0.15, -0.1) is 0 Å². The Morgan fingerprint density at radius 1 is 1.32 bits per heavy atom. The molecule has 1 N–H and O–H groups in total. The molecule has 0 aliphatic rings. The van der Waals surface area contributed by atoms with E-state index in [2.05, 4.69) is 9.46 Å². The van der Waals surface area contributed by atoms with Crippen LogP contribution in [0.4, 0.5) is 0 Å². The van der Waals surface area contributed by atoms with Gasteiger partial charge in [0, 0.05) is 0 Å². The third kappa shape index (κ3) is 4.04. The number of hydrogen-bond donors (Lipinski definition) is 1. The highest BCUT2D eigenvalue weighted by atomic mass is 32.2. The third-order valence-corrected chi connectivity index (χ3v) is 4.14. The van der Waals surface area contributed by atoms with Crippen LogP contribution in [0.25, 0.3) is 0 Å². The normalized spacial score (nSPS) is 13.3. The topological polar surface area (TPSA) is 72.5 Å². The molecule has 0 heterocycles. The van der Waals surface area contributed by atoms with Gasteiger partial charge >= 0.3 is 5.97 Å². The minimum Gasteiger partial charge on any atom is -0.468 e. The number of carbonyl (C=O) groups excluding carboxylic acids is 1. The highest BCUT2D eigenvalue weighted by molar-refractivity contribution is 7.89. The highest BCUT2D eigenvalue weighted by Gasteiger charge is 2.28. The first-order chi connectivity index (χ1) is 8.77. The molecule has 5 nitrogen and oxygen atoms in total. The lowest BCUT2D eigenvalue weighted by atomic mass is 10.1. The Morgan fingerprint density at radius 3 is 2.42 bits per heavy atom. The molecule has 0 aromatic heterocycles. The van der Waals surface area contributed by atoms with Gasteiger partial charge in [-0.25, -0.2) is 8.42 Å². The summed E-state index contributed by atoms with van der Waals surface area (Å²) in [5, 5.41) is 0. The molecule has 19 heavy (non-hydrogen) atoms. The molecule has 6 heteroatoms. The van der Waals surface area contributed by atoms with E-state index in [0.717, 1.165) is 5.56 Å². The number of sulfonamides is 1. The predicted molar refractivity (Wildman–Crippen MR) is 72.1 cm³/mol. The average Bonchev–Trinajstić information content (AvgIpc) is 2.35. The number of nitrogens with one attached hydrogen (secondary N) is 1. The summed E-state index contributed by atoms with van der Waals surface area (Å²) < 4.78 is 31.4. The Kier molecular flexibility index (Phi) is 5.08. The first-order valence-electron chi connectivity index (χ1n) is 5.94. The first-order valence-corrected chi connectivity index (χ1v) is 7.43. The lowest BCUT2D eigenvalue weighted by molar-refractivity contribution is -0.143. The van der Waals surface area contributed by atoms with E-state index in [0.29, 0.717) is 0 Å². The van der Waals surface area contributed by atoms with Crippen LogP contribution in [-0.2, 0) is 19.6 Å². The summed E-state index contributed by atoms with van der Waals surface area (Å²) in [6.07, 6.45) is 0. The van der Waals surface area contributed by atoms with Crippen LogP contribution in [0.1, 0.15) is 19.4 Å². The Hall–Kier alpha value is -1.40. The van der Waals surface area contributed by atoms with E-state index in [9.17, 15) is 13.2 Å². The molecule has 0 bridgehead atoms. The fraction of sp³-hybridized carbons (Fsp3) is 0.462. The predicted octanol–water partition coefficient (Wildman–Crippen LogP) is 1.47. The lowest BCUT2D eigenvalue weighted by Crippen LogP contribution is -2.44. The van der Waals surface area contributed by atoms with Gasteiger partial charge in [0.15, 0.2) is 0 Å². The Balaban J connectivity index is 3.04. The van der Waals surface area contributed by atoms with Gasteiger partial charge in [0.2, 0.25) is 10.0 Å². The fourth-order valence-corrected chi connectivity index (χ4v) is 3.04. The van der Waals surface area contributed by atoms with E-state index in [-0.39, 0.29) is 10.8 Å². The molecule has 1 aromatic rings. The number of benzene rings is 1. The molecule has 1 atom stereocenters. The lowest BCUT2D eigenvalue weighted by Gasteiger charge is -2.19. The summed E-state index contributed by atoms with van der Waals surface area (Å²) >= 11 is 0. The monoisotopic (exact) mass is 285 g/mol. The van der Waals surface area contributed by atoms with Crippen molar-refractivity contribution >= 4 is 16.0 Å². The zero-order valence-electron chi connectivity index (χ0n) is 11.5. The van der Waals surface area contributed by atoms with Crippen LogP contribution in [0.15, 0.2) is 29.2 Å². The van der Waals surface area contributed by atoms with Gasteiger partial charge in [0.05, 0.1) is 12.0 Å². The second-order valence-electron chi connectivity index (χ2n) is 4.68. The average molecular weight is 285 g/mol. The Morgan fingerprint density at radius 2 is 1.95 bits per heavy atom. The van der Waals surface area contributed by atoms with E-state index in [4.69, 9.17) is 0 Å². The van der Waals surface area contributed by atoms with Gasteiger partial charge in [-0.3, -0.25) is 4.79 Å². The van der Waals surface area contributed by atoms with Gasteiger partial charge < -0.3 is 4.74 Å². The van der Waals surface area contributed by atoms with Crippen molar-refractivity contribution < 1.29 is 17.9 Å². The molecule has 1 rings (SSSR count). The molecule has 0 spiro atoms. The summed E-state index contributed by atoms with van der Waals surface area (Å²) in [5.41, 5.74) is 0.835. The molecule has 0 aliphatic heterocycles. The van der Waals surface area contributed by atoms with Crippen molar-refractivity contribution in [2.75, 3.05) is 7.11 Å². The van der Waals surface area contributed by atoms with Crippen LogP contribution in [0, 0.1) is 12.8 Å². The van der Waals surface area contributed by atoms with Gasteiger partial charge in [0.25, 0.3) is 0 Å². The highest BCUT2D eigenvalue weighted by Crippen LogP contribution is 2.14. The second-order valence-corrected chi connectivity index (χ2v) is 6.40. The van der Waals surface area contributed by atoms with Crippen molar-refractivity contribution in [3.8, 4) is 0 Å². The van der Waals surface area contributed by atoms with Crippen molar-refractivity contribution in [2.45, 2.75) is 31.7 Å². The number of ether oxygens (including phenoxy) is 1. The smallest absolute Gasteiger partial charge is 0.324 e. The minimum absolute atomic E-state index is 0.141. The number of carbonyl (C=O) groups is 1. The van der Waals surface area contributed by atoms with Crippen molar-refractivity contribution in [1.82, 2.24) is 4.72 Å². The van der Waals surface area contributed by atoms with Crippen LogP contribution < -0.4 is 4.72 Å². The van der Waals surface area contributed by atoms with Crippen molar-refractivity contribution in [3.05, 3.63) is 29.8 Å². The quantitative estimate of drug-likeness (QED) is 0.832. The van der Waals surface area contributed by atoms with E-state index < -0.39 is 22.0 Å². The maximum absolute atomic E-state index is 12.2. The second kappa shape index (κ2) is 6.16. The largest absolute Gasteiger partial charge is 0.468 e. The van der Waals surface area contributed by atoms with E-state index in [1.54, 1.807) is 39.0 Å². The molecule has 1 aromatic carbocycles. The van der Waals surface area contributed by atoms with Crippen LogP contribution in [0.2, 0.25) is 0 Å². The van der Waals surface area contributed by atoms with Crippen LogP contribution in [-0.4, -0.2) is 27.5 Å². The summed E-state index contributed by atoms with van der Waals surface area (Å²) in [6, 6.07) is 5.61. The van der Waals surface area contributed by atoms with Gasteiger partial charge in [0.1, 0.15) is 6.04 Å². The molecule has 0 fully saturated rings. The van der Waals surface area contributed by atoms with E-state index in [1.807, 2.05) is 0 Å². The molecular formula is C13H19NO4S. The maximum atomic E-state index is 12.2. The number of hydrogen-bond acceptors (Lipinski definition) is 4. The standard InChI is InChI=1S/C13H19NO4S/c1-9(2)12(13(15)18-4)14-19(16,17)11-7-5-6-10(3)8-11/h5-9,12,14H,1-4H3. The SMILES string of the molecule is COC(=O)C(NS(=O)(=O)c1cccc(C)c1)C(C)C. The molecule has 1 unspecified atom stereocenters. The molecular weight excluding hydrogens is 266 g/mol. The summed E-state index contributed by atoms with van der Waals surface area (Å²) in [4.78, 5) is 11.7. The molecule has 0 radical (unpaired) electrons. The summed E-state index contributed by atoms with van der Waals surface area (Å²) in [5.74, 6) is -0.793. The Bertz CT molecular complexity index is 552. The van der Waals surface area contributed by atoms with Crippen LogP contribution in [0.5, 0.6) is 0 Å². The third-order valence-electron chi connectivity index (χ3n) is 2.70. The molecule has 0 saturated heterocycles. The van der Waals surface area contributed by atoms with E-state index >= 15 is 0 Å². The number of esters is 1. The van der Waals surface area contributed by atoms with Gasteiger partial charge in [-0.05, 0) is 30.5 Å². The fourth-order valence-electron chi connectivity index (χ4n) is 1.60. The van der Waals surface area contributed by atoms with Gasteiger partial charge in [-0.2, -0.15) is 4.72 Å². The minimum atomic E-state index is -3.73. The maximum Gasteiger partial charge on any atom is 0.324 e. The summed E-state index contributed by atoms with van der Waals surface area (Å²) in [7, 11) is -2.50. The molecule has 0 amide bonds. The van der Waals surface area contributed by atoms with E-state index in [1.165, 1.54) is 13.2 Å². The number of methoxy groups -OCH3 is 1. The Labute approximate surface area is 114 Å². The number of rotatable bonds is 5. The van der Waals surface area contributed by atoms with Crippen LogP contribution >= 0.6 is 0 Å². The zero-order valence-corrected chi connectivity index (χ0v) is 12.3. The zero-order chi connectivity index (χ0) is 14.6. The first kappa shape index (κ1) is 15.7. The van der Waals surface area contributed by atoms with Crippen molar-refractivity contribution in [2.24, 2.45) is 5.92 Å². The molecule has 0 saturated carbocycles. The van der Waals surface area contributed by atoms with Gasteiger partial charge in [-0.1, -0.05) is 26.0 Å². The van der Waals surface area contributed by atoms with Crippen LogP contribution in [0.3, 0.4) is 0 Å². The summed E-state index contributed by atoms with van der Waals surface area (Å²) in [6.45, 7) is 5.31. The number of aryl methyl sites for hydroxylation is 1. The molecule has 0 aliphatic carbocycles.